The molecule has 10 heteroatoms. The van der Waals surface area contributed by atoms with Crippen molar-refractivity contribution < 1.29 is 23.6 Å². The first-order valence-electron chi connectivity index (χ1n) is 8.39. The monoisotopic (exact) mass is 398 g/mol. The van der Waals surface area contributed by atoms with Gasteiger partial charge in [-0.25, -0.2) is 4.79 Å². The minimum absolute atomic E-state index is 0.0159. The van der Waals surface area contributed by atoms with E-state index in [0.717, 1.165) is 17.7 Å². The lowest BCUT2D eigenvalue weighted by Gasteiger charge is -2.07. The topological polar surface area (TPSA) is 116 Å². The molecule has 0 spiro atoms. The molecule has 0 fully saturated rings. The molecule has 2 aromatic carbocycles. The number of carbonyl (C=O) groups excluding carboxylic acids is 2. The largest absolute Gasteiger partial charge is 0.452 e. The minimum atomic E-state index is -1.02. The standard InChI is InChI=1S/C19H15FN4O5/c20-16-7-6-15(10-17(16)24(27)28)22-18(25)12-29-19(26)14-4-2-13(3-5-14)11-23-9-1-8-21-23/h1-10H,11-12H2,(H,22,25). The van der Waals surface area contributed by atoms with Gasteiger partial charge in [0.25, 0.3) is 5.91 Å². The third-order valence-corrected chi connectivity index (χ3v) is 3.85. The van der Waals surface area contributed by atoms with Crippen LogP contribution in [-0.4, -0.2) is 33.2 Å². The summed E-state index contributed by atoms with van der Waals surface area (Å²) in [5.41, 5.74) is 0.442. The number of hydrogen-bond donors (Lipinski definition) is 1. The first kappa shape index (κ1) is 19.7. The van der Waals surface area contributed by atoms with E-state index >= 15 is 0 Å². The normalized spacial score (nSPS) is 10.4. The molecular weight excluding hydrogens is 383 g/mol. The zero-order chi connectivity index (χ0) is 20.8. The van der Waals surface area contributed by atoms with Gasteiger partial charge in [-0.05, 0) is 35.9 Å². The summed E-state index contributed by atoms with van der Waals surface area (Å²) >= 11 is 0. The molecule has 3 rings (SSSR count). The molecule has 0 unspecified atom stereocenters. The molecule has 9 nitrogen and oxygen atoms in total. The number of aromatic nitrogens is 2. The summed E-state index contributed by atoms with van der Waals surface area (Å²) in [5.74, 6) is -2.43. The number of nitro groups is 1. The average molecular weight is 398 g/mol. The van der Waals surface area contributed by atoms with Crippen molar-refractivity contribution >= 4 is 23.3 Å². The van der Waals surface area contributed by atoms with Crippen LogP contribution in [0.25, 0.3) is 0 Å². The van der Waals surface area contributed by atoms with Gasteiger partial charge in [-0.3, -0.25) is 19.6 Å². The van der Waals surface area contributed by atoms with Crippen molar-refractivity contribution in [3.05, 3.63) is 88.0 Å². The minimum Gasteiger partial charge on any atom is -0.452 e. The van der Waals surface area contributed by atoms with Gasteiger partial charge in [0.15, 0.2) is 6.61 Å². The highest BCUT2D eigenvalue weighted by Crippen LogP contribution is 2.21. The molecule has 0 saturated carbocycles. The zero-order valence-electron chi connectivity index (χ0n) is 14.9. The molecule has 1 heterocycles. The summed E-state index contributed by atoms with van der Waals surface area (Å²) < 4.78 is 20.0. The van der Waals surface area contributed by atoms with Gasteiger partial charge < -0.3 is 10.1 Å². The SMILES string of the molecule is O=C(COC(=O)c1ccc(Cn2cccn2)cc1)Nc1ccc(F)c([N+](=O)[O-])c1. The highest BCUT2D eigenvalue weighted by molar-refractivity contribution is 5.95. The van der Waals surface area contributed by atoms with Gasteiger partial charge in [0.1, 0.15) is 0 Å². The lowest BCUT2D eigenvalue weighted by Crippen LogP contribution is -2.21. The van der Waals surface area contributed by atoms with Crippen LogP contribution in [0.3, 0.4) is 0 Å². The molecule has 0 bridgehead atoms. The maximum Gasteiger partial charge on any atom is 0.338 e. The second kappa shape index (κ2) is 8.74. The van der Waals surface area contributed by atoms with Crippen molar-refractivity contribution in [2.75, 3.05) is 11.9 Å². The number of nitro benzene ring substituents is 1. The molecule has 0 aliphatic carbocycles. The number of ether oxygens (including phenoxy) is 1. The number of rotatable bonds is 7. The van der Waals surface area contributed by atoms with Crippen molar-refractivity contribution in [2.45, 2.75) is 6.54 Å². The van der Waals surface area contributed by atoms with Crippen molar-refractivity contribution in [1.82, 2.24) is 9.78 Å². The van der Waals surface area contributed by atoms with E-state index < -0.39 is 34.9 Å². The van der Waals surface area contributed by atoms with Gasteiger partial charge in [0, 0.05) is 24.1 Å². The van der Waals surface area contributed by atoms with Crippen LogP contribution in [-0.2, 0) is 16.1 Å². The Hall–Kier alpha value is -4.08. The Morgan fingerprint density at radius 1 is 1.21 bits per heavy atom. The predicted octanol–water partition coefficient (Wildman–Crippen LogP) is 2.77. The lowest BCUT2D eigenvalue weighted by atomic mass is 10.1. The molecule has 0 atom stereocenters. The van der Waals surface area contributed by atoms with E-state index in [0.29, 0.717) is 6.54 Å². The summed E-state index contributed by atoms with van der Waals surface area (Å²) in [6, 6.07) is 11.4. The Morgan fingerprint density at radius 3 is 2.62 bits per heavy atom. The summed E-state index contributed by atoms with van der Waals surface area (Å²) in [7, 11) is 0. The number of esters is 1. The van der Waals surface area contributed by atoms with Crippen LogP contribution in [0, 0.1) is 15.9 Å². The van der Waals surface area contributed by atoms with Gasteiger partial charge in [0.05, 0.1) is 17.0 Å². The average Bonchev–Trinajstić information content (AvgIpc) is 3.21. The Labute approximate surface area is 163 Å². The Morgan fingerprint density at radius 2 is 1.97 bits per heavy atom. The molecule has 0 saturated heterocycles. The first-order valence-corrected chi connectivity index (χ1v) is 8.39. The molecular formula is C19H15FN4O5. The third kappa shape index (κ3) is 5.22. The van der Waals surface area contributed by atoms with Crippen molar-refractivity contribution in [2.24, 2.45) is 0 Å². The van der Waals surface area contributed by atoms with Crippen molar-refractivity contribution in [1.29, 1.82) is 0 Å². The van der Waals surface area contributed by atoms with Crippen LogP contribution in [0.1, 0.15) is 15.9 Å². The highest BCUT2D eigenvalue weighted by atomic mass is 19.1. The number of halogens is 1. The fraction of sp³-hybridized carbons (Fsp3) is 0.105. The Balaban J connectivity index is 1.53. The second-order valence-corrected chi connectivity index (χ2v) is 5.95. The lowest BCUT2D eigenvalue weighted by molar-refractivity contribution is -0.387. The number of amides is 1. The van der Waals surface area contributed by atoms with E-state index in [4.69, 9.17) is 4.74 Å². The van der Waals surface area contributed by atoms with Gasteiger partial charge in [-0.15, -0.1) is 0 Å². The second-order valence-electron chi connectivity index (χ2n) is 5.95. The zero-order valence-corrected chi connectivity index (χ0v) is 14.9. The number of hydrogen-bond acceptors (Lipinski definition) is 6. The number of anilines is 1. The Kier molecular flexibility index (Phi) is 5.93. The van der Waals surface area contributed by atoms with E-state index in [-0.39, 0.29) is 11.3 Å². The molecule has 0 aliphatic heterocycles. The van der Waals surface area contributed by atoms with E-state index in [1.165, 1.54) is 6.07 Å². The maximum atomic E-state index is 13.3. The fourth-order valence-electron chi connectivity index (χ4n) is 2.47. The van der Waals surface area contributed by atoms with Crippen molar-refractivity contribution in [3.8, 4) is 0 Å². The molecule has 29 heavy (non-hydrogen) atoms. The first-order chi connectivity index (χ1) is 13.9. The van der Waals surface area contributed by atoms with E-state index in [1.807, 2.05) is 6.20 Å². The summed E-state index contributed by atoms with van der Waals surface area (Å²) in [6.07, 6.45) is 3.48. The van der Waals surface area contributed by atoms with Crippen LogP contribution < -0.4 is 5.32 Å². The number of carbonyl (C=O) groups is 2. The van der Waals surface area contributed by atoms with Gasteiger partial charge >= 0.3 is 11.7 Å². The van der Waals surface area contributed by atoms with Crippen molar-refractivity contribution in [3.63, 3.8) is 0 Å². The quantitative estimate of drug-likeness (QED) is 0.372. The molecule has 3 aromatic rings. The number of nitrogens with zero attached hydrogens (tertiary/aromatic N) is 3. The molecule has 0 radical (unpaired) electrons. The van der Waals surface area contributed by atoms with E-state index in [1.54, 1.807) is 41.2 Å². The third-order valence-electron chi connectivity index (χ3n) is 3.85. The van der Waals surface area contributed by atoms with Crippen LogP contribution in [0.2, 0.25) is 0 Å². The van der Waals surface area contributed by atoms with Crippen LogP contribution >= 0.6 is 0 Å². The summed E-state index contributed by atoms with van der Waals surface area (Å²) in [6.45, 7) is -0.0480. The molecule has 0 aliphatic rings. The van der Waals surface area contributed by atoms with E-state index in [2.05, 4.69) is 10.4 Å². The maximum absolute atomic E-state index is 13.3. The van der Waals surface area contributed by atoms with Gasteiger partial charge in [-0.1, -0.05) is 12.1 Å². The summed E-state index contributed by atoms with van der Waals surface area (Å²) in [5, 5.41) is 17.1. The number of benzene rings is 2. The molecule has 148 valence electrons. The molecule has 1 aromatic heterocycles. The molecule has 1 amide bonds. The van der Waals surface area contributed by atoms with Gasteiger partial charge in [0.2, 0.25) is 5.82 Å². The molecule has 1 N–H and O–H groups in total. The summed E-state index contributed by atoms with van der Waals surface area (Å²) in [4.78, 5) is 33.8. The number of nitrogens with one attached hydrogen (secondary N) is 1. The highest BCUT2D eigenvalue weighted by Gasteiger charge is 2.16. The fourth-order valence-corrected chi connectivity index (χ4v) is 2.47. The van der Waals surface area contributed by atoms with Gasteiger partial charge in [-0.2, -0.15) is 9.49 Å². The Bertz CT molecular complexity index is 1040. The smallest absolute Gasteiger partial charge is 0.338 e. The van der Waals surface area contributed by atoms with E-state index in [9.17, 15) is 24.1 Å². The van der Waals surface area contributed by atoms with Crippen LogP contribution in [0.5, 0.6) is 0 Å². The predicted molar refractivity (Wildman–Crippen MR) is 99.7 cm³/mol. The van der Waals surface area contributed by atoms with Crippen LogP contribution in [0.4, 0.5) is 15.8 Å². The van der Waals surface area contributed by atoms with Crippen LogP contribution in [0.15, 0.2) is 60.9 Å².